The number of hydrogen-bond acceptors (Lipinski definition) is 5. The maximum Gasteiger partial charge on any atom is 0.333 e. The van der Waals surface area contributed by atoms with Gasteiger partial charge < -0.3 is 18.9 Å². The Kier molecular flexibility index (Phi) is 6.32. The Balaban J connectivity index is 2.02. The minimum atomic E-state index is -0.388. The Bertz CT molecular complexity index is 285. The zero-order valence-electron chi connectivity index (χ0n) is 11.3. The molecule has 0 amide bonds. The zero-order chi connectivity index (χ0) is 13.5. The Morgan fingerprint density at radius 3 is 2.50 bits per heavy atom. The van der Waals surface area contributed by atoms with Crippen molar-refractivity contribution in [1.29, 1.82) is 0 Å². The summed E-state index contributed by atoms with van der Waals surface area (Å²) in [7, 11) is 0. The van der Waals surface area contributed by atoms with E-state index in [4.69, 9.17) is 18.9 Å². The topological polar surface area (TPSA) is 57.3 Å². The molecule has 3 atom stereocenters. The molecular formula is C13H22O5. The second-order valence-corrected chi connectivity index (χ2v) is 4.62. The molecule has 0 aromatic heterocycles. The van der Waals surface area contributed by atoms with Crippen LogP contribution in [0.15, 0.2) is 12.2 Å². The molecule has 0 radical (unpaired) electrons. The van der Waals surface area contributed by atoms with Crippen LogP contribution in [0.5, 0.6) is 0 Å². The Morgan fingerprint density at radius 2 is 1.94 bits per heavy atom. The van der Waals surface area contributed by atoms with Crippen LogP contribution in [0.25, 0.3) is 0 Å². The Labute approximate surface area is 108 Å². The van der Waals surface area contributed by atoms with Crippen LogP contribution in [0.4, 0.5) is 0 Å². The molecule has 1 fully saturated rings. The van der Waals surface area contributed by atoms with Crippen molar-refractivity contribution >= 4 is 5.97 Å². The minimum Gasteiger partial charge on any atom is -0.460 e. The van der Waals surface area contributed by atoms with Crippen molar-refractivity contribution in [2.45, 2.75) is 39.1 Å². The van der Waals surface area contributed by atoms with E-state index in [9.17, 15) is 4.79 Å². The van der Waals surface area contributed by atoms with Crippen molar-refractivity contribution in [3.8, 4) is 0 Å². The molecule has 5 nitrogen and oxygen atoms in total. The van der Waals surface area contributed by atoms with Crippen LogP contribution in [-0.2, 0) is 23.7 Å². The van der Waals surface area contributed by atoms with Crippen LogP contribution >= 0.6 is 0 Å². The van der Waals surface area contributed by atoms with E-state index in [2.05, 4.69) is 6.58 Å². The summed E-state index contributed by atoms with van der Waals surface area (Å²) in [6.07, 6.45) is 0.117. The van der Waals surface area contributed by atoms with E-state index in [1.54, 1.807) is 6.92 Å². The average molecular weight is 258 g/mol. The lowest BCUT2D eigenvalue weighted by Crippen LogP contribution is -2.25. The molecule has 0 aliphatic carbocycles. The van der Waals surface area contributed by atoms with Gasteiger partial charge in [0, 0.05) is 5.57 Å². The van der Waals surface area contributed by atoms with Gasteiger partial charge in [0.1, 0.15) is 12.7 Å². The number of rotatable bonds is 9. The van der Waals surface area contributed by atoms with Gasteiger partial charge in [0.15, 0.2) is 0 Å². The molecule has 0 aromatic carbocycles. The number of ether oxygens (including phenoxy) is 4. The summed E-state index contributed by atoms with van der Waals surface area (Å²) in [6.45, 7) is 11.0. The monoisotopic (exact) mass is 258 g/mol. The first-order valence-electron chi connectivity index (χ1n) is 6.16. The van der Waals surface area contributed by atoms with E-state index in [-0.39, 0.29) is 30.9 Å². The van der Waals surface area contributed by atoms with Crippen molar-refractivity contribution in [2.75, 3.05) is 26.4 Å². The van der Waals surface area contributed by atoms with Crippen molar-refractivity contribution in [3.63, 3.8) is 0 Å². The highest BCUT2D eigenvalue weighted by Crippen LogP contribution is 2.10. The van der Waals surface area contributed by atoms with Gasteiger partial charge in [0.05, 0.1) is 32.0 Å². The molecule has 1 aliphatic rings. The number of esters is 1. The summed E-state index contributed by atoms with van der Waals surface area (Å²) in [5.41, 5.74) is 0.392. The van der Waals surface area contributed by atoms with Gasteiger partial charge in [-0.3, -0.25) is 0 Å². The molecule has 0 saturated carbocycles. The molecule has 1 rings (SSSR count). The van der Waals surface area contributed by atoms with Crippen LogP contribution in [0.3, 0.4) is 0 Å². The first kappa shape index (κ1) is 15.1. The SMILES string of the molecule is C=C(C)C(=O)OCC(C)OCC(C)OCC1CO1. The molecular weight excluding hydrogens is 236 g/mol. The molecule has 5 heteroatoms. The van der Waals surface area contributed by atoms with Crippen molar-refractivity contribution < 1.29 is 23.7 Å². The summed E-state index contributed by atoms with van der Waals surface area (Å²) in [5.74, 6) is -0.388. The Morgan fingerprint density at radius 1 is 1.33 bits per heavy atom. The first-order valence-corrected chi connectivity index (χ1v) is 6.16. The van der Waals surface area contributed by atoms with E-state index in [0.717, 1.165) is 6.61 Å². The number of carbonyl (C=O) groups excluding carboxylic acids is 1. The fourth-order valence-corrected chi connectivity index (χ4v) is 1.15. The predicted octanol–water partition coefficient (Wildman–Crippen LogP) is 1.31. The van der Waals surface area contributed by atoms with E-state index in [1.165, 1.54) is 0 Å². The smallest absolute Gasteiger partial charge is 0.333 e. The molecule has 104 valence electrons. The fourth-order valence-electron chi connectivity index (χ4n) is 1.15. The van der Waals surface area contributed by atoms with Crippen LogP contribution in [0.1, 0.15) is 20.8 Å². The number of carbonyl (C=O) groups is 1. The van der Waals surface area contributed by atoms with Crippen LogP contribution in [-0.4, -0.2) is 50.7 Å². The maximum atomic E-state index is 11.2. The van der Waals surface area contributed by atoms with Gasteiger partial charge >= 0.3 is 5.97 Å². The van der Waals surface area contributed by atoms with Crippen molar-refractivity contribution in [2.24, 2.45) is 0 Å². The molecule has 0 spiro atoms. The van der Waals surface area contributed by atoms with E-state index >= 15 is 0 Å². The van der Waals surface area contributed by atoms with Gasteiger partial charge in [0.25, 0.3) is 0 Å². The number of hydrogen-bond donors (Lipinski definition) is 0. The predicted molar refractivity (Wildman–Crippen MR) is 66.3 cm³/mol. The van der Waals surface area contributed by atoms with Gasteiger partial charge in [-0.2, -0.15) is 0 Å². The van der Waals surface area contributed by atoms with Crippen molar-refractivity contribution in [3.05, 3.63) is 12.2 Å². The highest BCUT2D eigenvalue weighted by Gasteiger charge is 2.23. The molecule has 0 bridgehead atoms. The van der Waals surface area contributed by atoms with Gasteiger partial charge in [-0.1, -0.05) is 6.58 Å². The van der Waals surface area contributed by atoms with Gasteiger partial charge in [-0.25, -0.2) is 4.79 Å². The Hall–Kier alpha value is -0.910. The minimum absolute atomic E-state index is 0.00786. The molecule has 1 aliphatic heterocycles. The van der Waals surface area contributed by atoms with E-state index in [1.807, 2.05) is 13.8 Å². The van der Waals surface area contributed by atoms with Crippen LogP contribution < -0.4 is 0 Å². The summed E-state index contributed by atoms with van der Waals surface area (Å²) >= 11 is 0. The second-order valence-electron chi connectivity index (χ2n) is 4.62. The standard InChI is InChI=1S/C13H22O5/c1-9(2)13(14)18-6-11(4)15-5-10(3)16-7-12-8-17-12/h10-12H,1,5-8H2,2-4H3. The lowest BCUT2D eigenvalue weighted by atomic mass is 10.3. The average Bonchev–Trinajstić information content (AvgIpc) is 3.14. The summed E-state index contributed by atoms with van der Waals surface area (Å²) in [6, 6.07) is 0. The fraction of sp³-hybridized carbons (Fsp3) is 0.769. The summed E-state index contributed by atoms with van der Waals surface area (Å²) in [4.78, 5) is 11.2. The van der Waals surface area contributed by atoms with E-state index < -0.39 is 0 Å². The summed E-state index contributed by atoms with van der Waals surface area (Å²) < 4.78 is 21.0. The highest BCUT2D eigenvalue weighted by atomic mass is 16.6. The molecule has 1 heterocycles. The third kappa shape index (κ3) is 6.74. The lowest BCUT2D eigenvalue weighted by Gasteiger charge is -2.17. The molecule has 0 aromatic rings. The van der Waals surface area contributed by atoms with Gasteiger partial charge in [-0.15, -0.1) is 0 Å². The largest absolute Gasteiger partial charge is 0.460 e. The summed E-state index contributed by atoms with van der Waals surface area (Å²) in [5, 5.41) is 0. The molecule has 1 saturated heterocycles. The lowest BCUT2D eigenvalue weighted by molar-refractivity contribution is -0.143. The molecule has 18 heavy (non-hydrogen) atoms. The molecule has 3 unspecified atom stereocenters. The van der Waals surface area contributed by atoms with Gasteiger partial charge in [-0.05, 0) is 20.8 Å². The highest BCUT2D eigenvalue weighted by molar-refractivity contribution is 5.86. The van der Waals surface area contributed by atoms with Crippen LogP contribution in [0.2, 0.25) is 0 Å². The first-order chi connectivity index (χ1) is 8.49. The zero-order valence-corrected chi connectivity index (χ0v) is 11.3. The third-order valence-electron chi connectivity index (χ3n) is 2.38. The van der Waals surface area contributed by atoms with E-state index in [0.29, 0.717) is 18.8 Å². The normalized spacial score (nSPS) is 21.2. The maximum absolute atomic E-state index is 11.2. The second kappa shape index (κ2) is 7.51. The third-order valence-corrected chi connectivity index (χ3v) is 2.38. The molecule has 0 N–H and O–H groups in total. The van der Waals surface area contributed by atoms with Gasteiger partial charge in [0.2, 0.25) is 0 Å². The quantitative estimate of drug-likeness (QED) is 0.354. The van der Waals surface area contributed by atoms with Crippen LogP contribution in [0, 0.1) is 0 Å². The number of epoxide rings is 1. The van der Waals surface area contributed by atoms with Crippen molar-refractivity contribution in [1.82, 2.24) is 0 Å².